The van der Waals surface area contributed by atoms with Crippen LogP contribution in [-0.2, 0) is 33.2 Å². The number of nitrogens with one attached hydrogen (secondary N) is 1. The number of carbonyl (C=O) groups is 1. The minimum Gasteiger partial charge on any atom is -0.489 e. The van der Waals surface area contributed by atoms with Gasteiger partial charge < -0.3 is 59.1 Å². The van der Waals surface area contributed by atoms with Crippen LogP contribution in [0.5, 0.6) is 0 Å². The first-order valence-corrected chi connectivity index (χ1v) is 19.5. The second-order valence-corrected chi connectivity index (χ2v) is 17.0. The molecule has 4 aliphatic heterocycles. The van der Waals surface area contributed by atoms with Gasteiger partial charge >= 0.3 is 0 Å². The Balaban J connectivity index is 1.85. The lowest BCUT2D eigenvalue weighted by Gasteiger charge is -2.49. The number of rotatable bonds is 9. The lowest BCUT2D eigenvalue weighted by Crippen LogP contribution is -2.61. The van der Waals surface area contributed by atoms with Gasteiger partial charge in [-0.25, -0.2) is 0 Å². The Hall–Kier alpha value is -1.39. The first-order chi connectivity index (χ1) is 24.1. The van der Waals surface area contributed by atoms with Gasteiger partial charge in [0, 0.05) is 37.8 Å². The Kier molecular flexibility index (Phi) is 14.0. The van der Waals surface area contributed by atoms with Crippen LogP contribution in [0.25, 0.3) is 0 Å². The van der Waals surface area contributed by atoms with Crippen molar-refractivity contribution in [2.24, 2.45) is 17.8 Å². The first-order valence-electron chi connectivity index (χ1n) is 19.5. The smallest absolute Gasteiger partial charge is 0.225 e. The largest absolute Gasteiger partial charge is 0.489 e. The van der Waals surface area contributed by atoms with Crippen LogP contribution in [0.15, 0.2) is 11.3 Å². The third kappa shape index (κ3) is 8.54. The number of methoxy groups -OCH3 is 1. The normalized spacial score (nSPS) is 48.1. The highest BCUT2D eigenvalue weighted by Gasteiger charge is 2.56. The van der Waals surface area contributed by atoms with Crippen LogP contribution in [0.4, 0.5) is 0 Å². The fourth-order valence-electron chi connectivity index (χ4n) is 9.16. The molecule has 2 bridgehead atoms. The Labute approximate surface area is 311 Å². The van der Waals surface area contributed by atoms with Crippen molar-refractivity contribution in [1.82, 2.24) is 10.2 Å². The van der Waals surface area contributed by atoms with Gasteiger partial charge in [-0.05, 0) is 73.5 Å². The molecule has 3 fully saturated rings. The summed E-state index contributed by atoms with van der Waals surface area (Å²) < 4.78 is 39.0. The van der Waals surface area contributed by atoms with Crippen LogP contribution in [-0.4, -0.2) is 136 Å². The average molecular weight is 743 g/mol. The van der Waals surface area contributed by atoms with E-state index < -0.39 is 89.8 Å². The molecule has 4 rings (SSSR count). The molecule has 5 N–H and O–H groups in total. The lowest BCUT2D eigenvalue weighted by molar-refractivity contribution is -0.316. The lowest BCUT2D eigenvalue weighted by atomic mass is 9.77. The number of carbonyl (C=O) groups excluding carboxylic acids is 1. The molecule has 4 unspecified atom stereocenters. The molecule has 0 spiro atoms. The van der Waals surface area contributed by atoms with Crippen molar-refractivity contribution < 1.29 is 53.6 Å². The molecule has 302 valence electrons. The van der Waals surface area contributed by atoms with Crippen LogP contribution < -0.4 is 5.32 Å². The second-order valence-electron chi connectivity index (χ2n) is 17.0. The van der Waals surface area contributed by atoms with Gasteiger partial charge in [0.15, 0.2) is 12.6 Å². The molecule has 4 aliphatic rings. The summed E-state index contributed by atoms with van der Waals surface area (Å²) in [6.45, 7) is 21.3. The molecule has 1 amide bonds. The molecule has 13 heteroatoms. The van der Waals surface area contributed by atoms with E-state index in [-0.39, 0.29) is 24.5 Å². The summed E-state index contributed by atoms with van der Waals surface area (Å²) in [4.78, 5) is 16.5. The Morgan fingerprint density at radius 3 is 2.23 bits per heavy atom. The highest BCUT2D eigenvalue weighted by atomic mass is 16.7. The number of hydrogen-bond acceptors (Lipinski definition) is 12. The standard InChI is InChI=1S/C39H70N2O11/c1-14-16-27-39(11,46)32(43)22(5)30-20(3)18-38(10,52-30)34(51-36-29(42)26(41(12)15-2)17-21(4)48-36)23(6)31(24(7)35(45)40-27)50-28-19-37(9,47-13)33(44)25(8)49-28/h21-29,31-34,36,42-44,46H,14-19H2,1-13H3,(H,40,45)/t21-,22-,23+,24-,25+,26+,27?,28?,29-,31+,32-,33?,34-,36?,37-,38-,39-/m1/s1. The molecule has 0 saturated carbocycles. The van der Waals surface area contributed by atoms with Crippen LogP contribution in [0, 0.1) is 17.8 Å². The molecule has 0 aromatic heterocycles. The minimum atomic E-state index is -1.71. The van der Waals surface area contributed by atoms with Crippen LogP contribution in [0.1, 0.15) is 108 Å². The van der Waals surface area contributed by atoms with E-state index in [1.54, 1.807) is 27.9 Å². The topological polar surface area (TPSA) is 169 Å². The van der Waals surface area contributed by atoms with Crippen molar-refractivity contribution in [3.8, 4) is 0 Å². The summed E-state index contributed by atoms with van der Waals surface area (Å²) in [6.07, 6.45) is -5.20. The van der Waals surface area contributed by atoms with E-state index in [1.165, 1.54) is 0 Å². The van der Waals surface area contributed by atoms with E-state index >= 15 is 0 Å². The van der Waals surface area contributed by atoms with Gasteiger partial charge in [0.2, 0.25) is 5.91 Å². The monoisotopic (exact) mass is 742 g/mol. The molecule has 3 saturated heterocycles. The third-order valence-electron chi connectivity index (χ3n) is 12.7. The number of fused-ring (bicyclic) bond motifs is 2. The van der Waals surface area contributed by atoms with Gasteiger partial charge in [0.1, 0.15) is 35.3 Å². The summed E-state index contributed by atoms with van der Waals surface area (Å²) in [5.41, 5.74) is -2.83. The molecular weight excluding hydrogens is 672 g/mol. The van der Waals surface area contributed by atoms with Crippen LogP contribution >= 0.6 is 0 Å². The van der Waals surface area contributed by atoms with Gasteiger partial charge in [0.25, 0.3) is 0 Å². The molecule has 0 aromatic rings. The number of hydrogen-bond donors (Lipinski definition) is 5. The number of aliphatic hydroxyl groups is 4. The summed E-state index contributed by atoms with van der Waals surface area (Å²) in [5.74, 6) is -1.83. The predicted molar refractivity (Wildman–Crippen MR) is 195 cm³/mol. The van der Waals surface area contributed by atoms with Crippen molar-refractivity contribution in [2.45, 2.75) is 192 Å². The zero-order valence-electron chi connectivity index (χ0n) is 33.9. The van der Waals surface area contributed by atoms with E-state index in [9.17, 15) is 25.2 Å². The molecule has 0 radical (unpaired) electrons. The molecule has 0 aliphatic carbocycles. The summed E-state index contributed by atoms with van der Waals surface area (Å²) in [7, 11) is 3.51. The van der Waals surface area contributed by atoms with Gasteiger partial charge in [-0.3, -0.25) is 4.79 Å². The molecule has 4 heterocycles. The van der Waals surface area contributed by atoms with E-state index in [1.807, 2.05) is 62.4 Å². The maximum absolute atomic E-state index is 14.4. The van der Waals surface area contributed by atoms with E-state index in [4.69, 9.17) is 28.4 Å². The van der Waals surface area contributed by atoms with Crippen molar-refractivity contribution in [2.75, 3.05) is 20.7 Å². The fraction of sp³-hybridized carbons (Fsp3) is 0.923. The van der Waals surface area contributed by atoms with E-state index in [2.05, 4.69) is 10.2 Å². The van der Waals surface area contributed by atoms with Gasteiger partial charge in [0.05, 0.1) is 42.0 Å². The summed E-state index contributed by atoms with van der Waals surface area (Å²) in [5, 5.41) is 49.5. The Morgan fingerprint density at radius 1 is 0.981 bits per heavy atom. The van der Waals surface area contributed by atoms with Crippen molar-refractivity contribution in [3.63, 3.8) is 0 Å². The number of ether oxygens (including phenoxy) is 6. The third-order valence-corrected chi connectivity index (χ3v) is 12.7. The SMILES string of the molecule is CCCC1NC(=O)[C@H](C)[C@@H](OC2C[C@@](C)(OC)C(O)[C@H](C)O2)[C@H](C)[C@@H](OC2O[C@H](C)C[C@H](N(C)CC)[C@H]2O)[C@@]2(C)CC(C)=C(O2)[C@@H](C)[C@@H](O)[C@]1(C)O. The molecule has 13 nitrogen and oxygen atoms in total. The molecule has 17 atom stereocenters. The average Bonchev–Trinajstić information content (AvgIpc) is 3.41. The predicted octanol–water partition coefficient (Wildman–Crippen LogP) is 3.25. The number of amides is 1. The molecule has 0 aromatic carbocycles. The van der Waals surface area contributed by atoms with Crippen LogP contribution in [0.2, 0.25) is 0 Å². The quantitative estimate of drug-likeness (QED) is 0.234. The highest BCUT2D eigenvalue weighted by Crippen LogP contribution is 2.47. The van der Waals surface area contributed by atoms with Gasteiger partial charge in [-0.15, -0.1) is 0 Å². The first kappa shape index (κ1) is 43.3. The van der Waals surface area contributed by atoms with Crippen LogP contribution in [0.3, 0.4) is 0 Å². The number of likely N-dealkylation sites (N-methyl/N-ethyl adjacent to an activating group) is 1. The molecule has 52 heavy (non-hydrogen) atoms. The number of nitrogens with zero attached hydrogens (tertiary/aromatic N) is 1. The Morgan fingerprint density at radius 2 is 1.63 bits per heavy atom. The van der Waals surface area contributed by atoms with E-state index in [0.717, 1.165) is 12.1 Å². The van der Waals surface area contributed by atoms with Gasteiger partial charge in [-0.1, -0.05) is 41.0 Å². The number of aliphatic hydroxyl groups excluding tert-OH is 3. The Bertz CT molecular complexity index is 1250. The fourth-order valence-corrected chi connectivity index (χ4v) is 9.16. The minimum absolute atomic E-state index is 0.195. The van der Waals surface area contributed by atoms with Crippen molar-refractivity contribution in [3.05, 3.63) is 11.3 Å². The maximum atomic E-state index is 14.4. The second kappa shape index (κ2) is 16.8. The maximum Gasteiger partial charge on any atom is 0.225 e. The van der Waals surface area contributed by atoms with Crippen molar-refractivity contribution in [1.29, 1.82) is 0 Å². The zero-order chi connectivity index (χ0) is 39.1. The molecular formula is C39H70N2O11. The van der Waals surface area contributed by atoms with Crippen molar-refractivity contribution >= 4 is 5.91 Å². The summed E-state index contributed by atoms with van der Waals surface area (Å²) in [6, 6.07) is -0.989. The highest BCUT2D eigenvalue weighted by molar-refractivity contribution is 5.79. The summed E-state index contributed by atoms with van der Waals surface area (Å²) >= 11 is 0. The van der Waals surface area contributed by atoms with Gasteiger partial charge in [-0.2, -0.15) is 0 Å². The zero-order valence-corrected chi connectivity index (χ0v) is 33.9. The van der Waals surface area contributed by atoms with E-state index in [0.29, 0.717) is 31.4 Å².